The Hall–Kier alpha value is -1.42. The van der Waals surface area contributed by atoms with E-state index in [1.165, 1.54) is 18.2 Å². The molecule has 0 aliphatic rings. The Morgan fingerprint density at radius 1 is 1.05 bits per heavy atom. The molecule has 1 aromatic carbocycles. The Labute approximate surface area is 111 Å². The van der Waals surface area contributed by atoms with E-state index in [0.717, 1.165) is 12.1 Å². The van der Waals surface area contributed by atoms with E-state index in [2.05, 4.69) is 8.92 Å². The summed E-state index contributed by atoms with van der Waals surface area (Å²) in [6, 6.07) is 5.90. The van der Waals surface area contributed by atoms with Gasteiger partial charge in [-0.1, -0.05) is 18.2 Å². The standard InChI is InChI=1S/C10H9F5O4S/c1-20(16,17)19-10(14,15)8(11)9(12,13)18-7-5-3-2-4-6-7/h2-6,8H,1H3. The Kier molecular flexibility index (Phi) is 4.59. The molecule has 0 bridgehead atoms. The number of ether oxygens (including phenoxy) is 1. The zero-order valence-electron chi connectivity index (χ0n) is 9.90. The highest BCUT2D eigenvalue weighted by Gasteiger charge is 2.61. The zero-order valence-corrected chi connectivity index (χ0v) is 10.7. The maximum atomic E-state index is 13.2. The average Bonchev–Trinajstić information content (AvgIpc) is 2.25. The maximum absolute atomic E-state index is 13.2. The summed E-state index contributed by atoms with van der Waals surface area (Å²) in [5, 5.41) is 0. The van der Waals surface area contributed by atoms with Crippen LogP contribution in [0.2, 0.25) is 0 Å². The summed E-state index contributed by atoms with van der Waals surface area (Å²) < 4.78 is 93.3. The Bertz CT molecular complexity index is 546. The van der Waals surface area contributed by atoms with Crippen molar-refractivity contribution < 1.29 is 39.3 Å². The van der Waals surface area contributed by atoms with Crippen molar-refractivity contribution in [1.29, 1.82) is 0 Å². The second kappa shape index (κ2) is 5.52. The van der Waals surface area contributed by atoms with E-state index in [0.29, 0.717) is 0 Å². The van der Waals surface area contributed by atoms with Crippen molar-refractivity contribution in [1.82, 2.24) is 0 Å². The first-order valence-electron chi connectivity index (χ1n) is 4.98. The fraction of sp³-hybridized carbons (Fsp3) is 0.400. The first-order chi connectivity index (χ1) is 8.94. The number of hydrogen-bond donors (Lipinski definition) is 0. The molecule has 0 saturated heterocycles. The fourth-order valence-corrected chi connectivity index (χ4v) is 1.63. The molecular formula is C10H9F5O4S. The van der Waals surface area contributed by atoms with E-state index in [4.69, 9.17) is 0 Å². The van der Waals surface area contributed by atoms with Gasteiger partial charge in [0.25, 0.3) is 16.3 Å². The van der Waals surface area contributed by atoms with E-state index in [9.17, 15) is 30.4 Å². The third kappa shape index (κ3) is 4.60. The predicted octanol–water partition coefficient (Wildman–Crippen LogP) is 2.57. The van der Waals surface area contributed by atoms with Gasteiger partial charge in [-0.3, -0.25) is 0 Å². The molecule has 0 spiro atoms. The molecule has 0 aromatic heterocycles. The molecule has 0 N–H and O–H groups in total. The normalized spacial score (nSPS) is 14.9. The van der Waals surface area contributed by atoms with E-state index >= 15 is 0 Å². The lowest BCUT2D eigenvalue weighted by Crippen LogP contribution is -2.49. The van der Waals surface area contributed by atoms with Crippen molar-refractivity contribution in [3.05, 3.63) is 30.3 Å². The van der Waals surface area contributed by atoms with Gasteiger partial charge in [0.1, 0.15) is 5.75 Å². The largest absolute Gasteiger partial charge is 0.438 e. The summed E-state index contributed by atoms with van der Waals surface area (Å²) >= 11 is 0. The van der Waals surface area contributed by atoms with Gasteiger partial charge in [-0.25, -0.2) is 4.39 Å². The molecule has 114 valence electrons. The van der Waals surface area contributed by atoms with Crippen LogP contribution in [0.5, 0.6) is 5.75 Å². The Morgan fingerprint density at radius 3 is 2.00 bits per heavy atom. The molecule has 20 heavy (non-hydrogen) atoms. The van der Waals surface area contributed by atoms with E-state index < -0.39 is 34.3 Å². The summed E-state index contributed by atoms with van der Waals surface area (Å²) in [6.07, 6.45) is -14.4. The summed E-state index contributed by atoms with van der Waals surface area (Å²) in [7, 11) is -4.84. The van der Waals surface area contributed by atoms with Crippen molar-refractivity contribution in [3.8, 4) is 5.75 Å². The average molecular weight is 320 g/mol. The summed E-state index contributed by atoms with van der Waals surface area (Å²) in [5.74, 6) is -0.574. The van der Waals surface area contributed by atoms with Gasteiger partial charge in [0.2, 0.25) is 0 Å². The molecule has 1 unspecified atom stereocenters. The molecule has 10 heteroatoms. The van der Waals surface area contributed by atoms with Gasteiger partial charge in [0.05, 0.1) is 6.26 Å². The summed E-state index contributed by atoms with van der Waals surface area (Å²) in [4.78, 5) is 0. The number of rotatable bonds is 6. The van der Waals surface area contributed by atoms with Gasteiger partial charge < -0.3 is 4.74 Å². The molecule has 0 fully saturated rings. The van der Waals surface area contributed by atoms with Gasteiger partial charge in [-0.05, 0) is 12.1 Å². The quantitative estimate of drug-likeness (QED) is 0.597. The molecule has 0 amide bonds. The highest BCUT2D eigenvalue weighted by atomic mass is 32.2. The molecule has 1 aromatic rings. The monoisotopic (exact) mass is 320 g/mol. The lowest BCUT2D eigenvalue weighted by molar-refractivity contribution is -0.319. The van der Waals surface area contributed by atoms with Gasteiger partial charge in [-0.2, -0.15) is 30.2 Å². The minimum Gasteiger partial charge on any atom is -0.430 e. The van der Waals surface area contributed by atoms with Crippen LogP contribution in [0.3, 0.4) is 0 Å². The van der Waals surface area contributed by atoms with Crippen LogP contribution in [0, 0.1) is 0 Å². The Morgan fingerprint density at radius 2 is 1.55 bits per heavy atom. The minimum absolute atomic E-state index is 0.170. The van der Waals surface area contributed by atoms with E-state index in [-0.39, 0.29) is 6.26 Å². The molecule has 1 rings (SSSR count). The van der Waals surface area contributed by atoms with Gasteiger partial charge in [0.15, 0.2) is 0 Å². The van der Waals surface area contributed by atoms with Crippen molar-refractivity contribution in [2.75, 3.05) is 6.26 Å². The van der Waals surface area contributed by atoms with Crippen molar-refractivity contribution >= 4 is 10.1 Å². The van der Waals surface area contributed by atoms with E-state index in [1.54, 1.807) is 0 Å². The highest BCUT2D eigenvalue weighted by molar-refractivity contribution is 7.86. The smallest absolute Gasteiger partial charge is 0.430 e. The van der Waals surface area contributed by atoms with Crippen LogP contribution >= 0.6 is 0 Å². The van der Waals surface area contributed by atoms with Crippen molar-refractivity contribution in [2.45, 2.75) is 18.4 Å². The van der Waals surface area contributed by atoms with Gasteiger partial charge in [-0.15, -0.1) is 0 Å². The van der Waals surface area contributed by atoms with Crippen LogP contribution in [0.25, 0.3) is 0 Å². The van der Waals surface area contributed by atoms with E-state index in [1.807, 2.05) is 0 Å². The van der Waals surface area contributed by atoms with Crippen LogP contribution in [-0.2, 0) is 14.3 Å². The summed E-state index contributed by atoms with van der Waals surface area (Å²) in [5.41, 5.74) is 0. The molecule has 4 nitrogen and oxygen atoms in total. The minimum atomic E-state index is -5.27. The first kappa shape index (κ1) is 16.6. The molecule has 1 atom stereocenters. The summed E-state index contributed by atoms with van der Waals surface area (Å²) in [6.45, 7) is 0. The van der Waals surface area contributed by atoms with Gasteiger partial charge in [0, 0.05) is 0 Å². The lowest BCUT2D eigenvalue weighted by atomic mass is 10.3. The predicted molar refractivity (Wildman–Crippen MR) is 57.8 cm³/mol. The molecule has 0 aliphatic heterocycles. The van der Waals surface area contributed by atoms with Crippen LogP contribution in [-0.4, -0.2) is 33.1 Å². The van der Waals surface area contributed by atoms with Crippen molar-refractivity contribution in [3.63, 3.8) is 0 Å². The number of alkyl halides is 5. The number of para-hydroxylation sites is 1. The zero-order chi connectivity index (χ0) is 15.6. The topological polar surface area (TPSA) is 52.6 Å². The Balaban J connectivity index is 2.91. The maximum Gasteiger partial charge on any atom is 0.438 e. The van der Waals surface area contributed by atoms with Crippen LogP contribution in [0.1, 0.15) is 0 Å². The molecule has 0 aliphatic carbocycles. The van der Waals surface area contributed by atoms with Gasteiger partial charge >= 0.3 is 12.2 Å². The fourth-order valence-electron chi connectivity index (χ4n) is 1.14. The number of halogens is 5. The third-order valence-corrected chi connectivity index (χ3v) is 2.37. The van der Waals surface area contributed by atoms with Crippen LogP contribution < -0.4 is 4.74 Å². The lowest BCUT2D eigenvalue weighted by Gasteiger charge is -2.26. The SMILES string of the molecule is CS(=O)(=O)OC(F)(F)C(F)C(F)(F)Oc1ccccc1. The molecule has 0 heterocycles. The van der Waals surface area contributed by atoms with Crippen LogP contribution in [0.15, 0.2) is 30.3 Å². The van der Waals surface area contributed by atoms with Crippen molar-refractivity contribution in [2.24, 2.45) is 0 Å². The first-order valence-corrected chi connectivity index (χ1v) is 6.80. The molecule has 0 saturated carbocycles. The number of hydrogen-bond acceptors (Lipinski definition) is 4. The second-order valence-electron chi connectivity index (χ2n) is 3.69. The third-order valence-electron chi connectivity index (χ3n) is 1.85. The van der Waals surface area contributed by atoms with Crippen LogP contribution in [0.4, 0.5) is 22.0 Å². The molecular weight excluding hydrogens is 311 g/mol. The number of benzene rings is 1. The highest BCUT2D eigenvalue weighted by Crippen LogP contribution is 2.37. The molecule has 0 radical (unpaired) electrons. The second-order valence-corrected chi connectivity index (χ2v) is 5.26.